The number of aromatic nitrogens is 2. The number of carbonyl (C=O) groups is 1. The Morgan fingerprint density at radius 1 is 1.37 bits per heavy atom. The van der Waals surface area contributed by atoms with Crippen LogP contribution >= 0.6 is 0 Å². The molecule has 1 aromatic heterocycles. The molecule has 0 aliphatic carbocycles. The number of nitrogen functional groups attached to an aromatic ring is 1. The molecule has 3 heterocycles. The summed E-state index contributed by atoms with van der Waals surface area (Å²) >= 11 is 0. The number of piperazine rings is 1. The number of rotatable bonds is 3. The number of nitrogens with two attached hydrogens (primary N) is 1. The van der Waals surface area contributed by atoms with Crippen molar-refractivity contribution >= 4 is 28.6 Å². The molecule has 144 valence electrons. The standard InChI is InChI=1S/C18H23N5O4/c1-26-15-9-11-12(10-13(15)24)20-18(21-16(11)19)23-6-4-22(5-7-23)17(25)14-3-2-8-27-14/h9-10,14,24H,2-8H2,1H3,(H2,19,20,21)/i4D2,5D2,6D2,7D2. The number of hydrogen-bond donors (Lipinski definition) is 2. The zero-order chi connectivity index (χ0) is 26.1. The maximum absolute atomic E-state index is 13.1. The van der Waals surface area contributed by atoms with Gasteiger partial charge in [-0.3, -0.25) is 4.79 Å². The first-order valence-corrected chi connectivity index (χ1v) is 8.19. The van der Waals surface area contributed by atoms with E-state index in [2.05, 4.69) is 9.97 Å². The van der Waals surface area contributed by atoms with Crippen LogP contribution in [0.4, 0.5) is 11.8 Å². The molecule has 0 saturated carbocycles. The Labute approximate surface area is 167 Å². The molecule has 0 radical (unpaired) electrons. The fraction of sp³-hybridized carbons (Fsp3) is 0.500. The molecule has 2 aromatic rings. The van der Waals surface area contributed by atoms with E-state index < -0.39 is 43.9 Å². The number of phenols is 1. The van der Waals surface area contributed by atoms with Gasteiger partial charge in [0.2, 0.25) is 5.95 Å². The molecule has 2 saturated heterocycles. The molecule has 27 heavy (non-hydrogen) atoms. The second-order valence-electron chi connectivity index (χ2n) is 5.91. The summed E-state index contributed by atoms with van der Waals surface area (Å²) in [5.74, 6) is -2.59. The van der Waals surface area contributed by atoms with Gasteiger partial charge < -0.3 is 30.1 Å². The maximum Gasteiger partial charge on any atom is 0.251 e. The molecule has 4 rings (SSSR count). The molecule has 0 spiro atoms. The molecule has 9 nitrogen and oxygen atoms in total. The van der Waals surface area contributed by atoms with E-state index in [-0.39, 0.29) is 51.0 Å². The zero-order valence-corrected chi connectivity index (χ0v) is 14.4. The van der Waals surface area contributed by atoms with Crippen molar-refractivity contribution < 1.29 is 30.3 Å². The van der Waals surface area contributed by atoms with Crippen LogP contribution in [0.2, 0.25) is 0 Å². The summed E-state index contributed by atoms with van der Waals surface area (Å²) < 4.78 is 78.1. The predicted octanol–water partition coefficient (Wildman–Crippen LogP) is 0.754. The Bertz CT molecular complexity index is 1160. The lowest BCUT2D eigenvalue weighted by Gasteiger charge is -2.35. The van der Waals surface area contributed by atoms with Crippen molar-refractivity contribution in [1.29, 1.82) is 0 Å². The number of phenolic OH excluding ortho intramolecular Hbond substituents is 1. The van der Waals surface area contributed by atoms with Crippen molar-refractivity contribution in [2.45, 2.75) is 18.9 Å². The van der Waals surface area contributed by atoms with Crippen molar-refractivity contribution in [3.05, 3.63) is 12.1 Å². The third kappa shape index (κ3) is 3.30. The second-order valence-corrected chi connectivity index (χ2v) is 5.91. The maximum atomic E-state index is 13.1. The molecule has 1 unspecified atom stereocenters. The molecule has 9 heteroatoms. The van der Waals surface area contributed by atoms with Crippen LogP contribution in [-0.4, -0.2) is 71.7 Å². The zero-order valence-electron chi connectivity index (χ0n) is 22.4. The van der Waals surface area contributed by atoms with Gasteiger partial charge in [-0.1, -0.05) is 0 Å². The number of amides is 1. The van der Waals surface area contributed by atoms with Crippen LogP contribution < -0.4 is 15.4 Å². The summed E-state index contributed by atoms with van der Waals surface area (Å²) in [6.45, 7) is -13.4. The first kappa shape index (κ1) is 10.5. The topological polar surface area (TPSA) is 114 Å². The number of nitrogens with zero attached hydrogens (tertiary/aromatic N) is 4. The minimum atomic E-state index is -3.40. The van der Waals surface area contributed by atoms with Crippen molar-refractivity contribution in [3.8, 4) is 11.5 Å². The van der Waals surface area contributed by atoms with Gasteiger partial charge in [-0.05, 0) is 18.9 Å². The van der Waals surface area contributed by atoms with E-state index >= 15 is 0 Å². The van der Waals surface area contributed by atoms with Crippen LogP contribution in [0.3, 0.4) is 0 Å². The summed E-state index contributed by atoms with van der Waals surface area (Å²) in [5.41, 5.74) is 5.92. The molecule has 1 atom stereocenters. The van der Waals surface area contributed by atoms with Crippen molar-refractivity contribution in [3.63, 3.8) is 0 Å². The number of ether oxygens (including phenoxy) is 2. The van der Waals surface area contributed by atoms with Crippen molar-refractivity contribution in [2.75, 3.05) is 50.3 Å². The van der Waals surface area contributed by atoms with Crippen LogP contribution in [0.15, 0.2) is 12.1 Å². The van der Waals surface area contributed by atoms with E-state index in [9.17, 15) is 9.90 Å². The highest BCUT2D eigenvalue weighted by atomic mass is 16.5. The van der Waals surface area contributed by atoms with E-state index in [0.717, 1.165) is 6.07 Å². The molecule has 1 aromatic carbocycles. The average Bonchev–Trinajstić information content (AvgIpc) is 3.26. The fourth-order valence-electron chi connectivity index (χ4n) is 2.80. The van der Waals surface area contributed by atoms with Crippen molar-refractivity contribution in [2.24, 2.45) is 0 Å². The quantitative estimate of drug-likeness (QED) is 0.801. The van der Waals surface area contributed by atoms with Gasteiger partial charge in [0.15, 0.2) is 11.5 Å². The van der Waals surface area contributed by atoms with Gasteiger partial charge >= 0.3 is 0 Å². The third-order valence-electron chi connectivity index (χ3n) is 4.19. The Balaban J connectivity index is 1.90. The normalized spacial score (nSPS) is 32.1. The summed E-state index contributed by atoms with van der Waals surface area (Å²) in [5, 5.41) is 10.3. The van der Waals surface area contributed by atoms with E-state index in [1.807, 2.05) is 0 Å². The van der Waals surface area contributed by atoms with Crippen molar-refractivity contribution in [1.82, 2.24) is 14.9 Å². The van der Waals surface area contributed by atoms with Crippen LogP contribution in [0.1, 0.15) is 23.8 Å². The van der Waals surface area contributed by atoms with E-state index in [0.29, 0.717) is 6.42 Å². The Kier molecular flexibility index (Phi) is 2.75. The molecular weight excluding hydrogens is 350 g/mol. The van der Waals surface area contributed by atoms with Gasteiger partial charge in [0.1, 0.15) is 11.9 Å². The molecule has 0 bridgehead atoms. The number of aromatic hydroxyl groups is 1. The number of carbonyl (C=O) groups excluding carboxylic acids is 1. The monoisotopic (exact) mass is 381 g/mol. The first-order chi connectivity index (χ1) is 16.1. The largest absolute Gasteiger partial charge is 0.504 e. The van der Waals surface area contributed by atoms with Crippen LogP contribution in [0.25, 0.3) is 10.9 Å². The predicted molar refractivity (Wildman–Crippen MR) is 99.9 cm³/mol. The first-order valence-electron chi connectivity index (χ1n) is 12.2. The van der Waals surface area contributed by atoms with E-state index in [1.165, 1.54) is 13.2 Å². The lowest BCUT2D eigenvalue weighted by Crippen LogP contribution is -2.51. The molecule has 2 aliphatic heterocycles. The Hall–Kier alpha value is -2.81. The minimum absolute atomic E-state index is 0.0418. The number of methoxy groups -OCH3 is 1. The van der Waals surface area contributed by atoms with Gasteiger partial charge in [-0.25, -0.2) is 4.98 Å². The summed E-state index contributed by atoms with van der Waals surface area (Å²) in [7, 11) is 1.30. The molecule has 1 amide bonds. The number of anilines is 2. The van der Waals surface area contributed by atoms with Gasteiger partial charge in [-0.15, -0.1) is 0 Å². The number of hydrogen-bond acceptors (Lipinski definition) is 8. The lowest BCUT2D eigenvalue weighted by molar-refractivity contribution is -0.141. The third-order valence-corrected chi connectivity index (χ3v) is 4.19. The second kappa shape index (κ2) is 7.07. The van der Waals surface area contributed by atoms with Crippen LogP contribution in [-0.2, 0) is 9.53 Å². The average molecular weight is 381 g/mol. The Morgan fingerprint density at radius 3 is 2.81 bits per heavy atom. The lowest BCUT2D eigenvalue weighted by atomic mass is 10.2. The molecule has 2 aliphatic rings. The fourth-order valence-corrected chi connectivity index (χ4v) is 2.80. The smallest absolute Gasteiger partial charge is 0.251 e. The minimum Gasteiger partial charge on any atom is -0.504 e. The highest BCUT2D eigenvalue weighted by Gasteiger charge is 2.31. The summed E-state index contributed by atoms with van der Waals surface area (Å²) in [6.07, 6.45) is -0.609. The van der Waals surface area contributed by atoms with Crippen LogP contribution in [0, 0.1) is 0 Å². The molecule has 3 N–H and O–H groups in total. The summed E-state index contributed by atoms with van der Waals surface area (Å²) in [6, 6.07) is 2.42. The summed E-state index contributed by atoms with van der Waals surface area (Å²) in [4.78, 5) is 21.0. The number of benzene rings is 1. The highest BCUT2D eigenvalue weighted by Crippen LogP contribution is 2.33. The number of fused-ring (bicyclic) bond motifs is 1. The van der Waals surface area contributed by atoms with Gasteiger partial charge in [0.05, 0.1) is 23.6 Å². The highest BCUT2D eigenvalue weighted by molar-refractivity contribution is 5.91. The molecular formula is C18H23N5O4. The van der Waals surface area contributed by atoms with Gasteiger partial charge in [-0.2, -0.15) is 4.98 Å². The van der Waals surface area contributed by atoms with Gasteiger partial charge in [0, 0.05) is 44.0 Å². The van der Waals surface area contributed by atoms with E-state index in [4.69, 9.17) is 26.2 Å². The molecule has 2 fully saturated rings. The van der Waals surface area contributed by atoms with E-state index in [1.54, 1.807) is 0 Å². The SMILES string of the molecule is [2H]C1([2H])N(C(=O)C2CCCO2)C([2H])([2H])C([2H])([2H])N(c2nc(N)c3cc(OC)c(O)cc3n2)C1([2H])[2H]. The Morgan fingerprint density at radius 2 is 2.15 bits per heavy atom. The van der Waals surface area contributed by atoms with Crippen LogP contribution in [0.5, 0.6) is 11.5 Å². The van der Waals surface area contributed by atoms with Gasteiger partial charge in [0.25, 0.3) is 5.91 Å².